The Hall–Kier alpha value is -1.78. The van der Waals surface area contributed by atoms with Gasteiger partial charge >= 0.3 is 0 Å². The van der Waals surface area contributed by atoms with E-state index in [4.69, 9.17) is 0 Å². The van der Waals surface area contributed by atoms with Gasteiger partial charge in [0.15, 0.2) is 0 Å². The summed E-state index contributed by atoms with van der Waals surface area (Å²) in [6.07, 6.45) is 3.14. The number of carbonyl (C=O) groups is 2. The smallest absolute Gasteiger partial charge is 0.267 e. The second kappa shape index (κ2) is 6.99. The zero-order valence-electron chi connectivity index (χ0n) is 14.1. The van der Waals surface area contributed by atoms with E-state index in [9.17, 15) is 9.59 Å². The standard InChI is InChI=1S/C17H27N3O2/c1-12(2)11-18-17(22)16-9-8-14(19(16)4)15-7-5-6-10-20(15)13(3)21/h8-9,12,15H,5-7,10-11H2,1-4H3,(H,18,22)/t15-/m1/s1. The molecule has 0 radical (unpaired) electrons. The average molecular weight is 305 g/mol. The van der Waals surface area contributed by atoms with Crippen LogP contribution in [0.5, 0.6) is 0 Å². The van der Waals surface area contributed by atoms with E-state index in [1.54, 1.807) is 6.92 Å². The molecule has 22 heavy (non-hydrogen) atoms. The van der Waals surface area contributed by atoms with Crippen LogP contribution in [-0.4, -0.2) is 34.4 Å². The molecule has 0 spiro atoms. The van der Waals surface area contributed by atoms with Crippen LogP contribution in [-0.2, 0) is 11.8 Å². The van der Waals surface area contributed by atoms with Gasteiger partial charge in [-0.1, -0.05) is 13.8 Å². The summed E-state index contributed by atoms with van der Waals surface area (Å²) in [6.45, 7) is 7.24. The van der Waals surface area contributed by atoms with Crippen LogP contribution >= 0.6 is 0 Å². The zero-order valence-corrected chi connectivity index (χ0v) is 14.1. The number of likely N-dealkylation sites (tertiary alicyclic amines) is 1. The average Bonchev–Trinajstić information content (AvgIpc) is 2.86. The number of piperidine rings is 1. The molecule has 122 valence electrons. The van der Waals surface area contributed by atoms with Crippen molar-refractivity contribution in [2.45, 2.75) is 46.1 Å². The molecule has 0 aliphatic carbocycles. The second-order valence-electron chi connectivity index (χ2n) is 6.53. The lowest BCUT2D eigenvalue weighted by Gasteiger charge is -2.35. The second-order valence-corrected chi connectivity index (χ2v) is 6.53. The Morgan fingerprint density at radius 3 is 2.68 bits per heavy atom. The number of amides is 2. The molecule has 0 aromatic carbocycles. The highest BCUT2D eigenvalue weighted by Gasteiger charge is 2.28. The van der Waals surface area contributed by atoms with E-state index in [1.807, 2.05) is 28.6 Å². The molecule has 1 fully saturated rings. The molecule has 5 heteroatoms. The van der Waals surface area contributed by atoms with Gasteiger partial charge in [-0.2, -0.15) is 0 Å². The molecule has 1 aliphatic rings. The lowest BCUT2D eigenvalue weighted by atomic mass is 9.99. The summed E-state index contributed by atoms with van der Waals surface area (Å²) < 4.78 is 1.93. The molecule has 1 N–H and O–H groups in total. The molecule has 2 amide bonds. The fourth-order valence-corrected chi connectivity index (χ4v) is 3.09. The van der Waals surface area contributed by atoms with Crippen molar-refractivity contribution in [1.82, 2.24) is 14.8 Å². The van der Waals surface area contributed by atoms with Crippen LogP contribution in [0.3, 0.4) is 0 Å². The monoisotopic (exact) mass is 305 g/mol. The molecule has 1 saturated heterocycles. The fraction of sp³-hybridized carbons (Fsp3) is 0.647. The van der Waals surface area contributed by atoms with Crippen molar-refractivity contribution in [3.8, 4) is 0 Å². The van der Waals surface area contributed by atoms with Crippen molar-refractivity contribution in [2.24, 2.45) is 13.0 Å². The first-order chi connectivity index (χ1) is 10.4. The van der Waals surface area contributed by atoms with Crippen molar-refractivity contribution in [2.75, 3.05) is 13.1 Å². The normalized spacial score (nSPS) is 18.6. The minimum absolute atomic E-state index is 0.0485. The summed E-state index contributed by atoms with van der Waals surface area (Å²) in [5.41, 5.74) is 1.70. The molecule has 2 rings (SSSR count). The van der Waals surface area contributed by atoms with E-state index in [2.05, 4.69) is 19.2 Å². The predicted octanol–water partition coefficient (Wildman–Crippen LogP) is 2.48. The Morgan fingerprint density at radius 1 is 1.32 bits per heavy atom. The summed E-state index contributed by atoms with van der Waals surface area (Å²) in [5.74, 6) is 0.486. The Bertz CT molecular complexity index is 548. The van der Waals surface area contributed by atoms with Gasteiger partial charge in [0.1, 0.15) is 5.69 Å². The number of rotatable bonds is 4. The highest BCUT2D eigenvalue weighted by atomic mass is 16.2. The predicted molar refractivity (Wildman–Crippen MR) is 86.6 cm³/mol. The maximum atomic E-state index is 12.3. The number of carbonyl (C=O) groups excluding carboxylic acids is 2. The molecule has 1 aromatic rings. The van der Waals surface area contributed by atoms with E-state index >= 15 is 0 Å². The number of hydrogen-bond acceptors (Lipinski definition) is 2. The van der Waals surface area contributed by atoms with Crippen LogP contribution in [0.1, 0.15) is 62.3 Å². The van der Waals surface area contributed by atoms with E-state index in [0.717, 1.165) is 31.5 Å². The van der Waals surface area contributed by atoms with Crippen LogP contribution in [0.2, 0.25) is 0 Å². The third-order valence-electron chi connectivity index (χ3n) is 4.31. The van der Waals surface area contributed by atoms with Gasteiger partial charge < -0.3 is 14.8 Å². The van der Waals surface area contributed by atoms with E-state index in [-0.39, 0.29) is 17.9 Å². The first kappa shape index (κ1) is 16.6. The Kier molecular flexibility index (Phi) is 5.27. The van der Waals surface area contributed by atoms with E-state index in [0.29, 0.717) is 18.2 Å². The van der Waals surface area contributed by atoms with Crippen molar-refractivity contribution < 1.29 is 9.59 Å². The highest BCUT2D eigenvalue weighted by molar-refractivity contribution is 5.92. The lowest BCUT2D eigenvalue weighted by Crippen LogP contribution is -2.38. The molecular weight excluding hydrogens is 278 g/mol. The SMILES string of the molecule is CC(=O)N1CCCC[C@@H]1c1ccc(C(=O)NCC(C)C)n1C. The summed E-state index contributed by atoms with van der Waals surface area (Å²) >= 11 is 0. The summed E-state index contributed by atoms with van der Waals surface area (Å²) in [6, 6.07) is 3.93. The molecule has 5 nitrogen and oxygen atoms in total. The number of nitrogens with zero attached hydrogens (tertiary/aromatic N) is 2. The molecule has 0 bridgehead atoms. The number of aromatic nitrogens is 1. The summed E-state index contributed by atoms with van der Waals surface area (Å²) in [5, 5.41) is 2.95. The Labute approximate surface area is 132 Å². The molecule has 0 saturated carbocycles. The quantitative estimate of drug-likeness (QED) is 0.929. The van der Waals surface area contributed by atoms with Gasteiger partial charge in [-0.15, -0.1) is 0 Å². The van der Waals surface area contributed by atoms with Crippen LogP contribution in [0.15, 0.2) is 12.1 Å². The minimum Gasteiger partial charge on any atom is -0.351 e. The largest absolute Gasteiger partial charge is 0.351 e. The third-order valence-corrected chi connectivity index (χ3v) is 4.31. The van der Waals surface area contributed by atoms with Gasteiger partial charge in [-0.3, -0.25) is 9.59 Å². The van der Waals surface area contributed by atoms with Gasteiger partial charge in [0.25, 0.3) is 5.91 Å². The van der Waals surface area contributed by atoms with Gasteiger partial charge in [0.2, 0.25) is 5.91 Å². The maximum absolute atomic E-state index is 12.3. The third kappa shape index (κ3) is 3.51. The molecule has 1 aliphatic heterocycles. The highest BCUT2D eigenvalue weighted by Crippen LogP contribution is 2.31. The zero-order chi connectivity index (χ0) is 16.3. The lowest BCUT2D eigenvalue weighted by molar-refractivity contribution is -0.132. The fourth-order valence-electron chi connectivity index (χ4n) is 3.09. The minimum atomic E-state index is -0.0485. The van der Waals surface area contributed by atoms with Crippen LogP contribution in [0.25, 0.3) is 0 Å². The van der Waals surface area contributed by atoms with Crippen molar-refractivity contribution >= 4 is 11.8 Å². The topological polar surface area (TPSA) is 54.3 Å². The summed E-state index contributed by atoms with van der Waals surface area (Å²) in [7, 11) is 1.91. The molecule has 1 atom stereocenters. The van der Waals surface area contributed by atoms with Crippen LogP contribution in [0.4, 0.5) is 0 Å². The van der Waals surface area contributed by atoms with Crippen LogP contribution < -0.4 is 5.32 Å². The Morgan fingerprint density at radius 2 is 2.05 bits per heavy atom. The van der Waals surface area contributed by atoms with Crippen molar-refractivity contribution in [1.29, 1.82) is 0 Å². The van der Waals surface area contributed by atoms with E-state index < -0.39 is 0 Å². The van der Waals surface area contributed by atoms with Gasteiger partial charge in [-0.25, -0.2) is 0 Å². The van der Waals surface area contributed by atoms with Crippen molar-refractivity contribution in [3.63, 3.8) is 0 Å². The first-order valence-electron chi connectivity index (χ1n) is 8.12. The summed E-state index contributed by atoms with van der Waals surface area (Å²) in [4.78, 5) is 26.0. The van der Waals surface area contributed by atoms with Gasteiger partial charge in [0.05, 0.1) is 6.04 Å². The molecular formula is C17H27N3O2. The van der Waals surface area contributed by atoms with Gasteiger partial charge in [0, 0.05) is 32.8 Å². The van der Waals surface area contributed by atoms with Gasteiger partial charge in [-0.05, 0) is 37.3 Å². The molecule has 0 unspecified atom stereocenters. The maximum Gasteiger partial charge on any atom is 0.267 e. The Balaban J connectivity index is 2.19. The number of hydrogen-bond donors (Lipinski definition) is 1. The molecule has 1 aromatic heterocycles. The molecule has 2 heterocycles. The van der Waals surface area contributed by atoms with Crippen LogP contribution in [0, 0.1) is 5.92 Å². The van der Waals surface area contributed by atoms with E-state index in [1.165, 1.54) is 0 Å². The number of nitrogens with one attached hydrogen (secondary N) is 1. The first-order valence-corrected chi connectivity index (χ1v) is 8.12. The van der Waals surface area contributed by atoms with Crippen molar-refractivity contribution in [3.05, 3.63) is 23.5 Å².